The Morgan fingerprint density at radius 2 is 1.47 bits per heavy atom. The number of carbonyl (C=O) groups excluding carboxylic acids is 1. The van der Waals surface area contributed by atoms with Gasteiger partial charge < -0.3 is 64.6 Å². The molecule has 236 valence electrons. The van der Waals surface area contributed by atoms with Crippen LogP contribution in [0.2, 0.25) is 0 Å². The standard InChI is InChI=1S/C30H26O15/c31-12-3-1-10(2-4-12)13-7-19(35)42-9-18-23(37)25(39)27(41)30(44-18)43-17-6-11(5-16(34)22(17)36)28-26(40)24(38)21-15(33)8-14(32)20(13)29(21)45-28/h1-6,8,13,18,23,25,27,30-34,36-37,39-41H,7,9H2/t13-,18?,23-,25?,27?,30-/m1/s1. The molecule has 0 spiro atoms. The van der Waals surface area contributed by atoms with Crippen LogP contribution in [-0.2, 0) is 14.3 Å². The van der Waals surface area contributed by atoms with Crippen LogP contribution in [0.1, 0.15) is 23.5 Å². The van der Waals surface area contributed by atoms with Gasteiger partial charge in [0.2, 0.25) is 23.2 Å². The molecule has 2 aliphatic rings. The molecule has 1 aromatic heterocycles. The maximum atomic E-state index is 13.4. The summed E-state index contributed by atoms with van der Waals surface area (Å²) >= 11 is 0. The van der Waals surface area contributed by atoms with Crippen molar-refractivity contribution in [1.29, 1.82) is 0 Å². The third kappa shape index (κ3) is 5.06. The molecular weight excluding hydrogens is 600 g/mol. The van der Waals surface area contributed by atoms with Gasteiger partial charge in [0.1, 0.15) is 59.2 Å². The number of phenolic OH excluding ortho intramolecular Hbond substituents is 5. The predicted molar refractivity (Wildman–Crippen MR) is 149 cm³/mol. The van der Waals surface area contributed by atoms with Gasteiger partial charge in [-0.3, -0.25) is 9.59 Å². The molecule has 1 saturated heterocycles. The second-order valence-electron chi connectivity index (χ2n) is 10.6. The Morgan fingerprint density at radius 3 is 2.18 bits per heavy atom. The number of aliphatic hydroxyl groups is 3. The highest BCUT2D eigenvalue weighted by Gasteiger charge is 2.46. The molecule has 3 heterocycles. The number of esters is 1. The number of aliphatic hydroxyl groups excluding tert-OH is 3. The number of rotatable bonds is 1. The summed E-state index contributed by atoms with van der Waals surface area (Å²) in [4.78, 5) is 26.7. The zero-order valence-corrected chi connectivity index (χ0v) is 22.9. The van der Waals surface area contributed by atoms with E-state index in [1.165, 1.54) is 24.3 Å². The molecule has 3 aromatic carbocycles. The van der Waals surface area contributed by atoms with Crippen LogP contribution in [0.3, 0.4) is 0 Å². The van der Waals surface area contributed by atoms with Crippen LogP contribution in [0.15, 0.2) is 51.7 Å². The second kappa shape index (κ2) is 11.0. The topological polar surface area (TPSA) is 257 Å². The van der Waals surface area contributed by atoms with E-state index in [0.717, 1.165) is 18.2 Å². The van der Waals surface area contributed by atoms with Gasteiger partial charge in [-0.2, -0.15) is 0 Å². The molecule has 45 heavy (non-hydrogen) atoms. The van der Waals surface area contributed by atoms with Crippen LogP contribution in [0.5, 0.6) is 40.2 Å². The Morgan fingerprint density at radius 1 is 0.756 bits per heavy atom. The average molecular weight is 627 g/mol. The summed E-state index contributed by atoms with van der Waals surface area (Å²) in [6.45, 7) is -0.668. The molecule has 0 amide bonds. The number of hydrogen-bond acceptors (Lipinski definition) is 15. The minimum Gasteiger partial charge on any atom is -0.508 e. The van der Waals surface area contributed by atoms with E-state index >= 15 is 0 Å². The molecule has 0 radical (unpaired) electrons. The summed E-state index contributed by atoms with van der Waals surface area (Å²) < 4.78 is 22.3. The molecule has 0 saturated carbocycles. The van der Waals surface area contributed by atoms with Gasteiger partial charge in [-0.1, -0.05) is 12.1 Å². The van der Waals surface area contributed by atoms with Gasteiger partial charge in [-0.25, -0.2) is 0 Å². The SMILES string of the molecule is O=C1C[C@H](c2ccc(O)cc2)c2c(O)cc(O)c3c(=O)c(O)c(oc23)-c2cc(O)c(O)c(c2)O[C@@H]2OC(CO1)[C@@H](O)C(O)C2O. The van der Waals surface area contributed by atoms with E-state index in [1.807, 2.05) is 0 Å². The smallest absolute Gasteiger partial charge is 0.306 e. The van der Waals surface area contributed by atoms with Gasteiger partial charge in [0.25, 0.3) is 0 Å². The second-order valence-corrected chi connectivity index (χ2v) is 10.6. The van der Waals surface area contributed by atoms with Crippen molar-refractivity contribution in [2.24, 2.45) is 0 Å². The summed E-state index contributed by atoms with van der Waals surface area (Å²) in [6.07, 6.45) is -9.37. The third-order valence-corrected chi connectivity index (χ3v) is 7.79. The van der Waals surface area contributed by atoms with E-state index in [1.54, 1.807) is 0 Å². The normalized spacial score (nSPS) is 25.1. The van der Waals surface area contributed by atoms with Crippen LogP contribution in [0, 0.1) is 0 Å². The van der Waals surface area contributed by atoms with E-state index in [0.29, 0.717) is 5.56 Å². The van der Waals surface area contributed by atoms with E-state index < -0.39 is 112 Å². The Balaban J connectivity index is 1.65. The van der Waals surface area contributed by atoms with E-state index in [4.69, 9.17) is 18.6 Å². The van der Waals surface area contributed by atoms with E-state index in [-0.39, 0.29) is 16.9 Å². The molecular formula is C30H26O15. The molecule has 15 heteroatoms. The van der Waals surface area contributed by atoms with Crippen molar-refractivity contribution in [1.82, 2.24) is 0 Å². The fraction of sp³-hybridized carbons (Fsp3) is 0.267. The summed E-state index contributed by atoms with van der Waals surface area (Å²) in [7, 11) is 0. The number of fused-ring (bicyclic) bond motifs is 6. The van der Waals surface area contributed by atoms with Crippen LogP contribution >= 0.6 is 0 Å². The summed E-state index contributed by atoms with van der Waals surface area (Å²) in [5.41, 5.74) is -1.81. The first-order chi connectivity index (χ1) is 21.3. The van der Waals surface area contributed by atoms with Crippen molar-refractivity contribution < 1.29 is 69.4 Å². The fourth-order valence-electron chi connectivity index (χ4n) is 5.46. The lowest BCUT2D eigenvalue weighted by Gasteiger charge is -2.40. The molecule has 2 aliphatic heterocycles. The lowest BCUT2D eigenvalue weighted by Crippen LogP contribution is -2.60. The van der Waals surface area contributed by atoms with Crippen molar-refractivity contribution in [2.45, 2.75) is 43.0 Å². The molecule has 3 unspecified atom stereocenters. The molecule has 6 bridgehead atoms. The number of ether oxygens (including phenoxy) is 3. The first-order valence-corrected chi connectivity index (χ1v) is 13.5. The molecule has 6 atom stereocenters. The van der Waals surface area contributed by atoms with Crippen LogP contribution in [0.4, 0.5) is 0 Å². The van der Waals surface area contributed by atoms with Crippen molar-refractivity contribution in [3.8, 4) is 51.6 Å². The zero-order valence-electron chi connectivity index (χ0n) is 22.9. The highest BCUT2D eigenvalue weighted by Crippen LogP contribution is 2.47. The number of benzene rings is 3. The maximum absolute atomic E-state index is 13.4. The van der Waals surface area contributed by atoms with Crippen LogP contribution in [-0.4, -0.2) is 89.2 Å². The monoisotopic (exact) mass is 626 g/mol. The molecule has 4 aromatic rings. The zero-order chi connectivity index (χ0) is 32.3. The molecule has 9 N–H and O–H groups in total. The van der Waals surface area contributed by atoms with Gasteiger partial charge in [0.05, 0.1) is 6.42 Å². The van der Waals surface area contributed by atoms with Crippen molar-refractivity contribution in [3.05, 3.63) is 63.8 Å². The summed E-state index contributed by atoms with van der Waals surface area (Å²) in [5.74, 6) is -7.66. The quantitative estimate of drug-likeness (QED) is 0.105. The third-order valence-electron chi connectivity index (χ3n) is 7.79. The highest BCUT2D eigenvalue weighted by atomic mass is 16.7. The average Bonchev–Trinajstić information content (AvgIpc) is 2.99. The van der Waals surface area contributed by atoms with Gasteiger partial charge >= 0.3 is 5.97 Å². The largest absolute Gasteiger partial charge is 0.508 e. The summed E-state index contributed by atoms with van der Waals surface area (Å²) in [6, 6.07) is 8.14. The van der Waals surface area contributed by atoms with Gasteiger partial charge in [-0.05, 0) is 29.8 Å². The Labute approximate surface area is 251 Å². The summed E-state index contributed by atoms with van der Waals surface area (Å²) in [5, 5.41) is 94.4. The van der Waals surface area contributed by atoms with Crippen molar-refractivity contribution in [2.75, 3.05) is 6.61 Å². The maximum Gasteiger partial charge on any atom is 0.306 e. The van der Waals surface area contributed by atoms with E-state index in [2.05, 4.69) is 0 Å². The molecule has 0 aliphatic carbocycles. The Kier molecular flexibility index (Phi) is 7.33. The number of aromatic hydroxyl groups is 6. The lowest BCUT2D eigenvalue weighted by atomic mass is 9.86. The minimum absolute atomic E-state index is 0.128. The van der Waals surface area contributed by atoms with Crippen LogP contribution < -0.4 is 10.2 Å². The molecule has 1 fully saturated rings. The van der Waals surface area contributed by atoms with Crippen molar-refractivity contribution >= 4 is 16.9 Å². The molecule has 15 nitrogen and oxygen atoms in total. The van der Waals surface area contributed by atoms with E-state index in [9.17, 15) is 55.5 Å². The number of carbonyl (C=O) groups is 1. The number of phenols is 5. The number of hydrogen-bond donors (Lipinski definition) is 9. The highest BCUT2D eigenvalue weighted by molar-refractivity contribution is 5.92. The minimum atomic E-state index is -1.91. The van der Waals surface area contributed by atoms with Crippen LogP contribution in [0.25, 0.3) is 22.3 Å². The van der Waals surface area contributed by atoms with Gasteiger partial charge in [0.15, 0.2) is 17.3 Å². The predicted octanol–water partition coefficient (Wildman–Crippen LogP) is 0.959. The van der Waals surface area contributed by atoms with Gasteiger partial charge in [-0.15, -0.1) is 0 Å². The first kappa shape index (κ1) is 29.8. The lowest BCUT2D eigenvalue weighted by molar-refractivity contribution is -0.278. The Bertz CT molecular complexity index is 1860. The number of cyclic esters (lactones) is 1. The van der Waals surface area contributed by atoms with Crippen molar-refractivity contribution in [3.63, 3.8) is 0 Å². The molecule has 6 rings (SSSR count). The first-order valence-electron chi connectivity index (χ1n) is 13.5. The fourth-order valence-corrected chi connectivity index (χ4v) is 5.46. The van der Waals surface area contributed by atoms with Gasteiger partial charge in [0, 0.05) is 23.1 Å². The Hall–Kier alpha value is -5.22.